The summed E-state index contributed by atoms with van der Waals surface area (Å²) in [5.41, 5.74) is -0.0650. The van der Waals surface area contributed by atoms with Gasteiger partial charge in [0, 0.05) is 11.8 Å². The van der Waals surface area contributed by atoms with E-state index in [9.17, 15) is 24.1 Å². The Balaban J connectivity index is 1.97. The summed E-state index contributed by atoms with van der Waals surface area (Å²) in [5.74, 6) is -2.34. The van der Waals surface area contributed by atoms with Crippen molar-refractivity contribution in [2.75, 3.05) is 5.32 Å². The predicted molar refractivity (Wildman–Crippen MR) is 100 cm³/mol. The number of nitrogens with one attached hydrogen (secondary N) is 3. The minimum Gasteiger partial charge on any atom is -0.330 e. The summed E-state index contributed by atoms with van der Waals surface area (Å²) < 4.78 is 13.9. The molecule has 1 aliphatic heterocycles. The van der Waals surface area contributed by atoms with Crippen LogP contribution in [-0.4, -0.2) is 16.9 Å². The van der Waals surface area contributed by atoms with Crippen LogP contribution in [0.5, 0.6) is 0 Å². The van der Waals surface area contributed by atoms with Crippen LogP contribution in [0.15, 0.2) is 54.7 Å². The van der Waals surface area contributed by atoms with E-state index in [2.05, 4.69) is 22.5 Å². The number of carbonyl (C=O) groups is 2. The molecule has 0 saturated carbocycles. The lowest BCUT2D eigenvalue weighted by Crippen LogP contribution is -2.51. The molecule has 0 unspecified atom stereocenters. The molecule has 2 atom stereocenters. The lowest BCUT2D eigenvalue weighted by molar-refractivity contribution is -0.384. The zero-order valence-electron chi connectivity index (χ0n) is 14.2. The highest BCUT2D eigenvalue weighted by Crippen LogP contribution is 2.34. The first-order chi connectivity index (χ1) is 13.3. The van der Waals surface area contributed by atoms with Crippen molar-refractivity contribution in [1.29, 1.82) is 0 Å². The fourth-order valence-electron chi connectivity index (χ4n) is 2.91. The van der Waals surface area contributed by atoms with E-state index in [0.717, 1.165) is 0 Å². The molecule has 144 valence electrons. The number of nitrogens with zero attached hydrogens (tertiary/aromatic N) is 1. The number of halogens is 2. The molecule has 28 heavy (non-hydrogen) atoms. The molecular weight excluding hydrogens is 391 g/mol. The number of urea groups is 1. The van der Waals surface area contributed by atoms with E-state index in [1.54, 1.807) is 6.07 Å². The number of benzene rings is 2. The van der Waals surface area contributed by atoms with Gasteiger partial charge in [-0.25, -0.2) is 9.18 Å². The Morgan fingerprint density at radius 1 is 1.29 bits per heavy atom. The Labute approximate surface area is 163 Å². The van der Waals surface area contributed by atoms with Crippen LogP contribution in [0.2, 0.25) is 5.02 Å². The Bertz CT molecular complexity index is 997. The Kier molecular flexibility index (Phi) is 5.27. The summed E-state index contributed by atoms with van der Waals surface area (Å²) in [6.45, 7) is 3.70. The Hall–Kier alpha value is -3.46. The standard InChI is InChI=1S/C18H14ClFN4O4/c1-9-15(17(25)22-13-5-3-2-4-12(13)20)16(23-18(26)21-9)10-6-7-11(19)14(8-10)24(27)28/h2-8,15-16H,1H2,(H,22,25)(H2,21,23,26)/t15-,16+/m1/s1. The summed E-state index contributed by atoms with van der Waals surface area (Å²) in [5, 5.41) is 18.5. The van der Waals surface area contributed by atoms with E-state index in [0.29, 0.717) is 0 Å². The van der Waals surface area contributed by atoms with E-state index < -0.39 is 34.6 Å². The van der Waals surface area contributed by atoms with Crippen molar-refractivity contribution in [1.82, 2.24) is 10.6 Å². The summed E-state index contributed by atoms with van der Waals surface area (Å²) in [7, 11) is 0. The van der Waals surface area contributed by atoms with Gasteiger partial charge in [-0.2, -0.15) is 0 Å². The smallest absolute Gasteiger partial charge is 0.319 e. The molecular formula is C18H14ClFN4O4. The minimum absolute atomic E-state index is 0.0435. The molecule has 0 aliphatic carbocycles. The minimum atomic E-state index is -1.06. The first-order valence-corrected chi connectivity index (χ1v) is 8.41. The van der Waals surface area contributed by atoms with Crippen molar-refractivity contribution < 1.29 is 18.9 Å². The molecule has 0 bridgehead atoms. The van der Waals surface area contributed by atoms with Gasteiger partial charge in [-0.3, -0.25) is 14.9 Å². The van der Waals surface area contributed by atoms with Gasteiger partial charge < -0.3 is 16.0 Å². The monoisotopic (exact) mass is 404 g/mol. The van der Waals surface area contributed by atoms with E-state index in [1.807, 2.05) is 0 Å². The zero-order chi connectivity index (χ0) is 20.4. The highest BCUT2D eigenvalue weighted by molar-refractivity contribution is 6.32. The second kappa shape index (κ2) is 7.65. The summed E-state index contributed by atoms with van der Waals surface area (Å²) in [6.07, 6.45) is 0. The van der Waals surface area contributed by atoms with Gasteiger partial charge in [0.05, 0.1) is 16.7 Å². The molecule has 2 aromatic rings. The van der Waals surface area contributed by atoms with Crippen LogP contribution in [0, 0.1) is 21.8 Å². The molecule has 8 nitrogen and oxygen atoms in total. The molecule has 1 fully saturated rings. The van der Waals surface area contributed by atoms with Crippen LogP contribution >= 0.6 is 11.6 Å². The third-order valence-corrected chi connectivity index (χ3v) is 4.53. The van der Waals surface area contributed by atoms with E-state index in [1.165, 1.54) is 36.4 Å². The third kappa shape index (κ3) is 3.79. The molecule has 1 aliphatic rings. The largest absolute Gasteiger partial charge is 0.330 e. The first kappa shape index (κ1) is 19.3. The van der Waals surface area contributed by atoms with Gasteiger partial charge in [0.1, 0.15) is 16.8 Å². The number of rotatable bonds is 4. The molecule has 2 aromatic carbocycles. The van der Waals surface area contributed by atoms with E-state index >= 15 is 0 Å². The zero-order valence-corrected chi connectivity index (χ0v) is 15.0. The topological polar surface area (TPSA) is 113 Å². The second-order valence-corrected chi connectivity index (χ2v) is 6.42. The second-order valence-electron chi connectivity index (χ2n) is 6.02. The van der Waals surface area contributed by atoms with Crippen LogP contribution in [-0.2, 0) is 4.79 Å². The van der Waals surface area contributed by atoms with Crippen LogP contribution < -0.4 is 16.0 Å². The number of amides is 3. The molecule has 0 radical (unpaired) electrons. The van der Waals surface area contributed by atoms with Gasteiger partial charge in [-0.05, 0) is 23.8 Å². The Morgan fingerprint density at radius 2 is 2.00 bits per heavy atom. The average molecular weight is 405 g/mol. The van der Waals surface area contributed by atoms with Crippen LogP contribution in [0.4, 0.5) is 20.6 Å². The normalized spacial score (nSPS) is 18.8. The van der Waals surface area contributed by atoms with Gasteiger partial charge in [0.2, 0.25) is 5.91 Å². The highest BCUT2D eigenvalue weighted by atomic mass is 35.5. The van der Waals surface area contributed by atoms with Crippen LogP contribution in [0.3, 0.4) is 0 Å². The fourth-order valence-corrected chi connectivity index (χ4v) is 3.09. The Morgan fingerprint density at radius 3 is 2.68 bits per heavy atom. The van der Waals surface area contributed by atoms with Crippen LogP contribution in [0.1, 0.15) is 11.6 Å². The van der Waals surface area contributed by atoms with Gasteiger partial charge in [0.25, 0.3) is 5.69 Å². The number of para-hydroxylation sites is 1. The number of hydrogen-bond donors (Lipinski definition) is 3. The number of anilines is 1. The number of nitro benzene ring substituents is 1. The lowest BCUT2D eigenvalue weighted by atomic mass is 9.88. The van der Waals surface area contributed by atoms with Crippen molar-refractivity contribution >= 4 is 34.9 Å². The lowest BCUT2D eigenvalue weighted by Gasteiger charge is -2.33. The summed E-state index contributed by atoms with van der Waals surface area (Å²) in [6, 6.07) is 7.94. The molecule has 0 aromatic heterocycles. The molecule has 10 heteroatoms. The fraction of sp³-hybridized carbons (Fsp3) is 0.111. The number of carbonyl (C=O) groups excluding carboxylic acids is 2. The highest BCUT2D eigenvalue weighted by Gasteiger charge is 2.38. The maximum absolute atomic E-state index is 13.9. The maximum atomic E-state index is 13.9. The molecule has 1 saturated heterocycles. The molecule has 3 N–H and O–H groups in total. The summed E-state index contributed by atoms with van der Waals surface area (Å²) in [4.78, 5) is 35.2. The number of nitro groups is 1. The van der Waals surface area contributed by atoms with Gasteiger partial charge in [-0.1, -0.05) is 36.4 Å². The SMILES string of the molecule is C=C1NC(=O)N[C@@H](c2ccc(Cl)c([N+](=O)[O-])c2)[C@@H]1C(=O)Nc1ccccc1F. The summed E-state index contributed by atoms with van der Waals surface area (Å²) >= 11 is 5.83. The van der Waals surface area contributed by atoms with E-state index in [4.69, 9.17) is 11.6 Å². The van der Waals surface area contributed by atoms with Crippen molar-refractivity contribution in [3.8, 4) is 0 Å². The quantitative estimate of drug-likeness (QED) is 0.534. The van der Waals surface area contributed by atoms with Crippen molar-refractivity contribution in [3.63, 3.8) is 0 Å². The molecule has 0 spiro atoms. The molecule has 3 rings (SSSR count). The number of hydrogen-bond acceptors (Lipinski definition) is 4. The van der Waals surface area contributed by atoms with Crippen molar-refractivity contribution in [3.05, 3.63) is 81.3 Å². The molecule has 3 amide bonds. The van der Waals surface area contributed by atoms with Crippen molar-refractivity contribution in [2.24, 2.45) is 5.92 Å². The average Bonchev–Trinajstić information content (AvgIpc) is 2.63. The predicted octanol–water partition coefficient (Wildman–Crippen LogP) is 3.51. The third-order valence-electron chi connectivity index (χ3n) is 4.21. The first-order valence-electron chi connectivity index (χ1n) is 8.03. The van der Waals surface area contributed by atoms with Crippen LogP contribution in [0.25, 0.3) is 0 Å². The van der Waals surface area contributed by atoms with Gasteiger partial charge in [0.15, 0.2) is 0 Å². The van der Waals surface area contributed by atoms with Gasteiger partial charge >= 0.3 is 6.03 Å². The maximum Gasteiger partial charge on any atom is 0.319 e. The van der Waals surface area contributed by atoms with Gasteiger partial charge in [-0.15, -0.1) is 0 Å². The molecule has 1 heterocycles. The van der Waals surface area contributed by atoms with Crippen molar-refractivity contribution in [2.45, 2.75) is 6.04 Å². The van der Waals surface area contributed by atoms with E-state index in [-0.39, 0.29) is 27.7 Å².